The first-order chi connectivity index (χ1) is 21.5. The number of rotatable bonds is 6. The molecule has 4 aliphatic carbocycles. The molecule has 1 aliphatic heterocycles. The summed E-state index contributed by atoms with van der Waals surface area (Å²) in [7, 11) is 0. The number of carbonyl (C=O) groups excluding carboxylic acids is 5. The van der Waals surface area contributed by atoms with Crippen molar-refractivity contribution in [3.8, 4) is 0 Å². The molecule has 1 aromatic carbocycles. The van der Waals surface area contributed by atoms with Gasteiger partial charge in [0.25, 0.3) is 0 Å². The maximum Gasteiger partial charge on any atom is 0.338 e. The van der Waals surface area contributed by atoms with Gasteiger partial charge in [0.15, 0.2) is 11.7 Å². The van der Waals surface area contributed by atoms with Gasteiger partial charge in [-0.2, -0.15) is 0 Å². The van der Waals surface area contributed by atoms with Crippen molar-refractivity contribution < 1.29 is 52.4 Å². The van der Waals surface area contributed by atoms with Gasteiger partial charge >= 0.3 is 29.8 Å². The monoisotopic (exact) mass is 640 g/mol. The third kappa shape index (κ3) is 4.58. The topological polar surface area (TPSA) is 141 Å². The van der Waals surface area contributed by atoms with Crippen LogP contribution in [0.5, 0.6) is 0 Å². The molecule has 0 unspecified atom stereocenters. The highest BCUT2D eigenvalue weighted by Crippen LogP contribution is 2.79. The summed E-state index contributed by atoms with van der Waals surface area (Å²) >= 11 is 0. The fraction of sp³-hybridized carbons (Fsp3) is 0.686. The molecule has 11 nitrogen and oxygen atoms in total. The predicted molar refractivity (Wildman–Crippen MR) is 160 cm³/mol. The molecule has 0 radical (unpaired) electrons. The normalized spacial score (nSPS) is 42.7. The fourth-order valence-corrected chi connectivity index (χ4v) is 10.4. The number of hydrogen-bond donors (Lipinski definition) is 0. The molecule has 6 rings (SSSR count). The van der Waals surface area contributed by atoms with Gasteiger partial charge in [0, 0.05) is 33.6 Å². The van der Waals surface area contributed by atoms with Gasteiger partial charge in [0.2, 0.25) is 0 Å². The molecule has 2 bridgehead atoms. The summed E-state index contributed by atoms with van der Waals surface area (Å²) in [6, 6.07) is 8.66. The zero-order valence-electron chi connectivity index (χ0n) is 27.7. The molecule has 4 saturated carbocycles. The second kappa shape index (κ2) is 10.8. The molecule has 0 amide bonds. The lowest BCUT2D eigenvalue weighted by atomic mass is 9.57. The van der Waals surface area contributed by atoms with Crippen molar-refractivity contribution in [3.63, 3.8) is 0 Å². The Morgan fingerprint density at radius 2 is 1.43 bits per heavy atom. The number of carbonyl (C=O) groups is 5. The summed E-state index contributed by atoms with van der Waals surface area (Å²) in [5, 5.41) is 0. The fourth-order valence-electron chi connectivity index (χ4n) is 10.4. The summed E-state index contributed by atoms with van der Waals surface area (Å²) in [6.07, 6.45) is -3.37. The Bertz CT molecular complexity index is 1460. The van der Waals surface area contributed by atoms with E-state index >= 15 is 0 Å². The van der Waals surface area contributed by atoms with Crippen molar-refractivity contribution in [2.45, 2.75) is 104 Å². The highest BCUT2D eigenvalue weighted by Gasteiger charge is 2.86. The van der Waals surface area contributed by atoms with Gasteiger partial charge < -0.3 is 28.4 Å². The van der Waals surface area contributed by atoms with Crippen molar-refractivity contribution in [2.75, 3.05) is 6.61 Å². The quantitative estimate of drug-likeness (QED) is 0.329. The van der Waals surface area contributed by atoms with E-state index in [4.69, 9.17) is 28.4 Å². The van der Waals surface area contributed by atoms with Gasteiger partial charge in [-0.1, -0.05) is 39.0 Å². The number of hydrogen-bond acceptors (Lipinski definition) is 11. The summed E-state index contributed by atoms with van der Waals surface area (Å²) < 4.78 is 38.2. The maximum absolute atomic E-state index is 13.8. The number of ether oxygens (including phenoxy) is 6. The lowest BCUT2D eigenvalue weighted by Gasteiger charge is -2.50. The van der Waals surface area contributed by atoms with Gasteiger partial charge in [0.1, 0.15) is 23.9 Å². The Labute approximate surface area is 268 Å². The Kier molecular flexibility index (Phi) is 7.61. The van der Waals surface area contributed by atoms with Crippen LogP contribution in [0, 0.1) is 40.4 Å². The SMILES string of the molecule is CC(=O)O[C@@H]1[C@@H]2[C@@H](OC(C)=O)[C@@]34CO[C@@](C)([C@H](OC(C)=O)[C@@]2(OC(C)=O)C[C@@H]1C)[C@@H]3[C@@H]1[C@H](C[C@H]4OC(=O)c2ccccc2)C1(C)C. The first-order valence-corrected chi connectivity index (χ1v) is 16.1. The third-order valence-corrected chi connectivity index (χ3v) is 11.8. The largest absolute Gasteiger partial charge is 0.462 e. The van der Waals surface area contributed by atoms with Crippen molar-refractivity contribution in [2.24, 2.45) is 40.4 Å². The van der Waals surface area contributed by atoms with Gasteiger partial charge in [0.05, 0.1) is 23.5 Å². The first kappa shape index (κ1) is 32.5. The molecular formula is C35H44O11. The van der Waals surface area contributed by atoms with E-state index < -0.39 is 88.6 Å². The van der Waals surface area contributed by atoms with E-state index in [1.165, 1.54) is 27.7 Å². The summed E-state index contributed by atoms with van der Waals surface area (Å²) in [6.45, 7) is 13.2. The van der Waals surface area contributed by atoms with E-state index in [-0.39, 0.29) is 30.3 Å². The van der Waals surface area contributed by atoms with Crippen LogP contribution in [-0.4, -0.2) is 72.1 Å². The molecule has 5 aliphatic rings. The molecule has 11 heteroatoms. The zero-order valence-corrected chi connectivity index (χ0v) is 27.7. The van der Waals surface area contributed by atoms with Crippen LogP contribution >= 0.6 is 0 Å². The van der Waals surface area contributed by atoms with Crippen LogP contribution in [-0.2, 0) is 47.6 Å². The second-order valence-corrected chi connectivity index (χ2v) is 14.9. The minimum absolute atomic E-state index is 0.000553. The molecule has 46 heavy (non-hydrogen) atoms. The molecule has 1 aromatic rings. The van der Waals surface area contributed by atoms with Crippen LogP contribution in [0.25, 0.3) is 0 Å². The van der Waals surface area contributed by atoms with E-state index in [1.807, 2.05) is 19.9 Å². The third-order valence-electron chi connectivity index (χ3n) is 11.8. The Morgan fingerprint density at radius 3 is 2.02 bits per heavy atom. The van der Waals surface area contributed by atoms with Crippen molar-refractivity contribution >= 4 is 29.8 Å². The second-order valence-electron chi connectivity index (χ2n) is 14.9. The van der Waals surface area contributed by atoms with Crippen molar-refractivity contribution in [1.82, 2.24) is 0 Å². The zero-order chi connectivity index (χ0) is 33.6. The summed E-state index contributed by atoms with van der Waals surface area (Å²) in [5.74, 6) is -4.70. The summed E-state index contributed by atoms with van der Waals surface area (Å²) in [4.78, 5) is 65.5. The Hall–Kier alpha value is -3.47. The van der Waals surface area contributed by atoms with Crippen LogP contribution in [0.2, 0.25) is 0 Å². The van der Waals surface area contributed by atoms with Gasteiger partial charge in [-0.05, 0) is 55.1 Å². The van der Waals surface area contributed by atoms with Crippen LogP contribution in [0.3, 0.4) is 0 Å². The average molecular weight is 641 g/mol. The molecule has 1 saturated heterocycles. The van der Waals surface area contributed by atoms with E-state index in [1.54, 1.807) is 24.3 Å². The van der Waals surface area contributed by atoms with Crippen LogP contribution in [0.4, 0.5) is 0 Å². The van der Waals surface area contributed by atoms with E-state index in [9.17, 15) is 24.0 Å². The Morgan fingerprint density at radius 1 is 0.804 bits per heavy atom. The molecule has 1 heterocycles. The molecule has 5 fully saturated rings. The van der Waals surface area contributed by atoms with E-state index in [0.717, 1.165) is 0 Å². The van der Waals surface area contributed by atoms with Gasteiger partial charge in [-0.25, -0.2) is 4.79 Å². The van der Waals surface area contributed by atoms with E-state index in [0.29, 0.717) is 12.0 Å². The molecular weight excluding hydrogens is 596 g/mol. The lowest BCUT2D eigenvalue weighted by Crippen LogP contribution is -2.64. The minimum atomic E-state index is -1.61. The van der Waals surface area contributed by atoms with Crippen LogP contribution < -0.4 is 0 Å². The highest BCUT2D eigenvalue weighted by atomic mass is 16.6. The average Bonchev–Trinajstić information content (AvgIpc) is 3.21. The summed E-state index contributed by atoms with van der Waals surface area (Å²) in [5.41, 5.74) is -3.91. The first-order valence-electron chi connectivity index (χ1n) is 16.1. The molecule has 0 aromatic heterocycles. The maximum atomic E-state index is 13.8. The standard InChI is InChI=1S/C35H44O11/c1-17-15-35(46-21(5)39)26(27(17)42-18(2)36)29(43-19(3)37)34-16-41-33(8,31(35)44-20(4)38)28(34)25-23(32(25,6)7)14-24(34)45-30(40)22-12-10-9-11-13-22/h9-13,17,23-29,31H,14-16H2,1-8H3/t17-,23-,24+,25-,26+,27-,28-,29+,31-,33+,34+,35+/m0/s1. The number of fused-ring (bicyclic) bond motifs is 2. The smallest absolute Gasteiger partial charge is 0.338 e. The van der Waals surface area contributed by atoms with E-state index in [2.05, 4.69) is 13.8 Å². The van der Waals surface area contributed by atoms with Gasteiger partial charge in [-0.15, -0.1) is 0 Å². The number of benzene rings is 1. The molecule has 0 N–H and O–H groups in total. The van der Waals surface area contributed by atoms with Crippen molar-refractivity contribution in [3.05, 3.63) is 35.9 Å². The van der Waals surface area contributed by atoms with Crippen molar-refractivity contribution in [1.29, 1.82) is 0 Å². The molecule has 0 spiro atoms. The minimum Gasteiger partial charge on any atom is -0.462 e. The van der Waals surface area contributed by atoms with Crippen LogP contribution in [0.1, 0.15) is 78.6 Å². The van der Waals surface area contributed by atoms with Crippen LogP contribution in [0.15, 0.2) is 30.3 Å². The lowest BCUT2D eigenvalue weighted by molar-refractivity contribution is -0.246. The Balaban J connectivity index is 1.64. The molecule has 250 valence electrons. The van der Waals surface area contributed by atoms with Gasteiger partial charge in [-0.3, -0.25) is 19.2 Å². The highest BCUT2D eigenvalue weighted by molar-refractivity contribution is 5.89. The predicted octanol–water partition coefficient (Wildman–Crippen LogP) is 4.05. The molecule has 12 atom stereocenters. The number of esters is 5.